The number of likely N-dealkylation sites (N-methyl/N-ethyl adjacent to an activating group) is 1. The number of ether oxygens (including phenoxy) is 1. The molecule has 4 nitrogen and oxygen atoms in total. The lowest BCUT2D eigenvalue weighted by atomic mass is 10.0. The maximum absolute atomic E-state index is 6.48. The molecule has 0 radical (unpaired) electrons. The third kappa shape index (κ3) is 2.89. The van der Waals surface area contributed by atoms with Crippen molar-refractivity contribution < 1.29 is 4.74 Å². The van der Waals surface area contributed by atoms with Gasteiger partial charge in [-0.05, 0) is 61.1 Å². The Bertz CT molecular complexity index is 1100. The second kappa shape index (κ2) is 6.78. The molecule has 4 rings (SSSR count). The van der Waals surface area contributed by atoms with Crippen LogP contribution in [0.25, 0.3) is 32.6 Å². The number of H-pyrrole nitrogens is 1. The number of nitrogens with zero attached hydrogens (tertiary/aromatic N) is 2. The quantitative estimate of drug-likeness (QED) is 0.503. The number of aryl methyl sites for hydroxylation is 1. The molecule has 0 spiro atoms. The molecule has 0 aliphatic rings. The second-order valence-electron chi connectivity index (χ2n) is 6.83. The number of fused-ring (bicyclic) bond motifs is 5. The van der Waals surface area contributed by atoms with Crippen LogP contribution in [0.4, 0.5) is 0 Å². The summed E-state index contributed by atoms with van der Waals surface area (Å²) >= 11 is 6.48. The van der Waals surface area contributed by atoms with Crippen LogP contribution in [0.2, 0.25) is 5.15 Å². The molecule has 1 N–H and O–H groups in total. The van der Waals surface area contributed by atoms with Gasteiger partial charge in [-0.3, -0.25) is 0 Å². The third-order valence-corrected chi connectivity index (χ3v) is 5.09. The van der Waals surface area contributed by atoms with E-state index in [9.17, 15) is 0 Å². The van der Waals surface area contributed by atoms with Crippen LogP contribution < -0.4 is 4.74 Å². The summed E-state index contributed by atoms with van der Waals surface area (Å²) in [6, 6.07) is 10.5. The van der Waals surface area contributed by atoms with Crippen molar-refractivity contribution in [2.75, 3.05) is 27.2 Å². The van der Waals surface area contributed by atoms with Crippen molar-refractivity contribution in [3.05, 3.63) is 47.2 Å². The molecule has 2 heterocycles. The number of aromatic amines is 1. The average molecular weight is 368 g/mol. The number of rotatable bonds is 5. The summed E-state index contributed by atoms with van der Waals surface area (Å²) < 4.78 is 5.88. The van der Waals surface area contributed by atoms with Gasteiger partial charge in [0.25, 0.3) is 0 Å². The monoisotopic (exact) mass is 367 g/mol. The van der Waals surface area contributed by atoms with Gasteiger partial charge in [0.15, 0.2) is 0 Å². The first-order valence-corrected chi connectivity index (χ1v) is 9.25. The normalized spacial score (nSPS) is 11.9. The summed E-state index contributed by atoms with van der Waals surface area (Å²) in [5.41, 5.74) is 3.34. The fraction of sp³-hybridized carbons (Fsp3) is 0.286. The van der Waals surface area contributed by atoms with E-state index in [1.54, 1.807) is 0 Å². The number of benzene rings is 2. The molecule has 0 atom stereocenters. The zero-order valence-electron chi connectivity index (χ0n) is 15.3. The van der Waals surface area contributed by atoms with E-state index >= 15 is 0 Å². The summed E-state index contributed by atoms with van der Waals surface area (Å²) in [7, 11) is 4.08. The van der Waals surface area contributed by atoms with E-state index in [0.717, 1.165) is 51.3 Å². The minimum Gasteiger partial charge on any atom is -0.492 e. The molecule has 5 heteroatoms. The van der Waals surface area contributed by atoms with E-state index in [0.29, 0.717) is 11.8 Å². The lowest BCUT2D eigenvalue weighted by Crippen LogP contribution is -2.19. The molecule has 2 aromatic heterocycles. The number of pyridine rings is 1. The first-order chi connectivity index (χ1) is 12.6. The fourth-order valence-electron chi connectivity index (χ4n) is 3.42. The van der Waals surface area contributed by atoms with Crippen molar-refractivity contribution >= 4 is 44.2 Å². The Morgan fingerprint density at radius 3 is 2.77 bits per heavy atom. The van der Waals surface area contributed by atoms with Crippen LogP contribution in [0, 0.1) is 0 Å². The maximum atomic E-state index is 6.48. The van der Waals surface area contributed by atoms with Gasteiger partial charge >= 0.3 is 0 Å². The summed E-state index contributed by atoms with van der Waals surface area (Å²) in [4.78, 5) is 10.0. The molecule has 134 valence electrons. The lowest BCUT2D eigenvalue weighted by Gasteiger charge is -2.11. The van der Waals surface area contributed by atoms with Gasteiger partial charge in [0.2, 0.25) is 0 Å². The molecular formula is C21H22ClN3O. The van der Waals surface area contributed by atoms with Crippen LogP contribution in [0.3, 0.4) is 0 Å². The summed E-state index contributed by atoms with van der Waals surface area (Å²) in [5, 5.41) is 4.98. The Labute approximate surface area is 157 Å². The molecule has 0 amide bonds. The molecule has 4 aromatic rings. The molecule has 0 aliphatic carbocycles. The second-order valence-corrected chi connectivity index (χ2v) is 7.18. The predicted octanol–water partition coefficient (Wildman–Crippen LogP) is 5.03. The van der Waals surface area contributed by atoms with Crippen LogP contribution in [-0.2, 0) is 6.42 Å². The van der Waals surface area contributed by atoms with Crippen LogP contribution in [-0.4, -0.2) is 42.1 Å². The van der Waals surface area contributed by atoms with Crippen molar-refractivity contribution in [1.29, 1.82) is 0 Å². The zero-order chi connectivity index (χ0) is 18.3. The molecule has 2 aromatic carbocycles. The van der Waals surface area contributed by atoms with E-state index < -0.39 is 0 Å². The summed E-state index contributed by atoms with van der Waals surface area (Å²) in [5.74, 6) is 0.886. The van der Waals surface area contributed by atoms with Gasteiger partial charge in [0.05, 0.1) is 5.52 Å². The standard InChI is InChI=1S/C21H22ClN3O/c1-4-13-12-23-21(22)19-18-16-7-6-15(26-10-9-25(2)3)11-14(16)5-8-17(18)24-20(13)19/h5-8,11-12,24H,4,9-10H2,1-3H3. The fourth-order valence-corrected chi connectivity index (χ4v) is 3.66. The van der Waals surface area contributed by atoms with Crippen LogP contribution in [0.1, 0.15) is 12.5 Å². The van der Waals surface area contributed by atoms with E-state index in [1.165, 1.54) is 5.56 Å². The number of nitrogens with one attached hydrogen (secondary N) is 1. The first-order valence-electron chi connectivity index (χ1n) is 8.87. The van der Waals surface area contributed by atoms with Crippen LogP contribution >= 0.6 is 11.6 Å². The van der Waals surface area contributed by atoms with Gasteiger partial charge in [-0.2, -0.15) is 0 Å². The highest BCUT2D eigenvalue weighted by Crippen LogP contribution is 2.37. The summed E-state index contributed by atoms with van der Waals surface area (Å²) in [6.45, 7) is 3.69. The largest absolute Gasteiger partial charge is 0.492 e. The van der Waals surface area contributed by atoms with Gasteiger partial charge in [-0.1, -0.05) is 24.6 Å². The molecular weight excluding hydrogens is 346 g/mol. The van der Waals surface area contributed by atoms with E-state index in [1.807, 2.05) is 26.4 Å². The van der Waals surface area contributed by atoms with Crippen LogP contribution in [0.5, 0.6) is 5.75 Å². The van der Waals surface area contributed by atoms with Crippen molar-refractivity contribution in [3.8, 4) is 5.75 Å². The summed E-state index contributed by atoms with van der Waals surface area (Å²) in [6.07, 6.45) is 2.77. The lowest BCUT2D eigenvalue weighted by molar-refractivity contribution is 0.261. The Kier molecular flexibility index (Phi) is 4.47. The van der Waals surface area contributed by atoms with Gasteiger partial charge in [0, 0.05) is 29.0 Å². The number of aromatic nitrogens is 2. The van der Waals surface area contributed by atoms with Gasteiger partial charge in [0.1, 0.15) is 17.5 Å². The third-order valence-electron chi connectivity index (χ3n) is 4.80. The average Bonchev–Trinajstić information content (AvgIpc) is 3.02. The highest BCUT2D eigenvalue weighted by atomic mass is 35.5. The zero-order valence-corrected chi connectivity index (χ0v) is 16.0. The van der Waals surface area contributed by atoms with Gasteiger partial charge in [-0.15, -0.1) is 0 Å². The predicted molar refractivity (Wildman–Crippen MR) is 110 cm³/mol. The van der Waals surface area contributed by atoms with Gasteiger partial charge in [-0.25, -0.2) is 4.98 Å². The number of hydrogen-bond donors (Lipinski definition) is 1. The Morgan fingerprint density at radius 2 is 2.00 bits per heavy atom. The smallest absolute Gasteiger partial charge is 0.139 e. The van der Waals surface area contributed by atoms with Crippen LogP contribution in [0.15, 0.2) is 36.5 Å². The van der Waals surface area contributed by atoms with Crippen molar-refractivity contribution in [2.45, 2.75) is 13.3 Å². The minimum absolute atomic E-state index is 0.544. The molecule has 0 unspecified atom stereocenters. The molecule has 0 saturated carbocycles. The first kappa shape index (κ1) is 17.1. The molecule has 0 fully saturated rings. The highest BCUT2D eigenvalue weighted by Gasteiger charge is 2.14. The molecule has 0 saturated heterocycles. The van der Waals surface area contributed by atoms with E-state index in [-0.39, 0.29) is 0 Å². The van der Waals surface area contributed by atoms with Crippen molar-refractivity contribution in [2.24, 2.45) is 0 Å². The van der Waals surface area contributed by atoms with Gasteiger partial charge < -0.3 is 14.6 Å². The minimum atomic E-state index is 0.544. The van der Waals surface area contributed by atoms with E-state index in [2.05, 4.69) is 46.1 Å². The van der Waals surface area contributed by atoms with E-state index in [4.69, 9.17) is 16.3 Å². The Morgan fingerprint density at radius 1 is 1.15 bits per heavy atom. The topological polar surface area (TPSA) is 41.1 Å². The number of halogens is 1. The SMILES string of the molecule is CCc1cnc(Cl)c2c1[nH]c1ccc3cc(OCCN(C)C)ccc3c12. The molecule has 0 aliphatic heterocycles. The molecule has 26 heavy (non-hydrogen) atoms. The van der Waals surface area contributed by atoms with Crippen molar-refractivity contribution in [3.63, 3.8) is 0 Å². The maximum Gasteiger partial charge on any atom is 0.139 e. The Hall–Kier alpha value is -2.30. The number of hydrogen-bond acceptors (Lipinski definition) is 3. The molecule has 0 bridgehead atoms. The highest BCUT2D eigenvalue weighted by molar-refractivity contribution is 6.38. The van der Waals surface area contributed by atoms with Crippen molar-refractivity contribution in [1.82, 2.24) is 14.9 Å². The Balaban J connectivity index is 1.87.